The molecular formula is C18H30N4OS. The van der Waals surface area contributed by atoms with Gasteiger partial charge >= 0.3 is 0 Å². The number of thiazole rings is 1. The molecule has 0 N–H and O–H groups in total. The van der Waals surface area contributed by atoms with Crippen molar-refractivity contribution in [1.29, 1.82) is 0 Å². The Morgan fingerprint density at radius 1 is 1.21 bits per heavy atom. The number of nitrogens with zero attached hydrogens (tertiary/aromatic N) is 4. The predicted molar refractivity (Wildman–Crippen MR) is 98.8 cm³/mol. The minimum atomic E-state index is 0.579. The van der Waals surface area contributed by atoms with Crippen molar-refractivity contribution in [2.45, 2.75) is 51.2 Å². The van der Waals surface area contributed by atoms with Gasteiger partial charge in [0.15, 0.2) is 5.13 Å². The fraction of sp³-hybridized carbons (Fsp3) is 0.833. The molecule has 0 unspecified atom stereocenters. The normalized spacial score (nSPS) is 29.1. The number of hydrogen-bond acceptors (Lipinski definition) is 6. The van der Waals surface area contributed by atoms with Crippen molar-refractivity contribution in [3.8, 4) is 0 Å². The first-order chi connectivity index (χ1) is 11.8. The van der Waals surface area contributed by atoms with Crippen LogP contribution in [0.3, 0.4) is 0 Å². The quantitative estimate of drug-likeness (QED) is 0.814. The summed E-state index contributed by atoms with van der Waals surface area (Å²) in [6, 6.07) is 1.22. The number of morpholine rings is 1. The molecule has 2 atom stereocenters. The molecule has 4 heterocycles. The van der Waals surface area contributed by atoms with E-state index < -0.39 is 0 Å². The van der Waals surface area contributed by atoms with Crippen LogP contribution in [0.5, 0.6) is 0 Å². The van der Waals surface area contributed by atoms with E-state index in [0.29, 0.717) is 12.1 Å². The van der Waals surface area contributed by atoms with Gasteiger partial charge in [0.05, 0.1) is 13.2 Å². The van der Waals surface area contributed by atoms with Crippen LogP contribution in [-0.4, -0.2) is 72.8 Å². The molecule has 134 valence electrons. The Labute approximate surface area is 149 Å². The van der Waals surface area contributed by atoms with Crippen molar-refractivity contribution in [3.05, 3.63) is 11.1 Å². The highest BCUT2D eigenvalue weighted by atomic mass is 32.1. The molecule has 1 aromatic heterocycles. The third-order valence-corrected chi connectivity index (χ3v) is 6.66. The van der Waals surface area contributed by atoms with Crippen molar-refractivity contribution in [2.75, 3.05) is 50.8 Å². The third-order valence-electron chi connectivity index (χ3n) is 5.62. The molecule has 0 bridgehead atoms. The summed E-state index contributed by atoms with van der Waals surface area (Å²) in [5.41, 5.74) is 0. The zero-order valence-electron chi connectivity index (χ0n) is 14.8. The molecule has 24 heavy (non-hydrogen) atoms. The SMILES string of the molecule is CCC[C@H]1COC[C@H]2CN(Cc3cnc(N4CCCC4)s3)CCN12. The molecule has 1 aromatic rings. The molecule has 3 aliphatic rings. The van der Waals surface area contributed by atoms with Gasteiger partial charge in [0, 0.05) is 62.4 Å². The molecule has 0 aromatic carbocycles. The summed E-state index contributed by atoms with van der Waals surface area (Å²) in [5, 5.41) is 1.23. The highest BCUT2D eigenvalue weighted by Gasteiger charge is 2.35. The molecule has 0 aliphatic carbocycles. The molecule has 6 heteroatoms. The number of hydrogen-bond donors (Lipinski definition) is 0. The zero-order valence-corrected chi connectivity index (χ0v) is 15.6. The summed E-state index contributed by atoms with van der Waals surface area (Å²) in [6.07, 6.45) is 7.25. The first-order valence-corrected chi connectivity index (χ1v) is 10.4. The van der Waals surface area contributed by atoms with E-state index in [2.05, 4.69) is 32.8 Å². The van der Waals surface area contributed by atoms with Crippen molar-refractivity contribution in [2.24, 2.45) is 0 Å². The number of anilines is 1. The second kappa shape index (κ2) is 7.68. The molecule has 4 rings (SSSR count). The van der Waals surface area contributed by atoms with Gasteiger partial charge in [-0.1, -0.05) is 13.3 Å². The van der Waals surface area contributed by atoms with E-state index in [1.54, 1.807) is 0 Å². The molecular weight excluding hydrogens is 320 g/mol. The van der Waals surface area contributed by atoms with Crippen LogP contribution < -0.4 is 4.90 Å². The predicted octanol–water partition coefficient (Wildman–Crippen LogP) is 2.43. The second-order valence-corrected chi connectivity index (χ2v) is 8.50. The number of ether oxygens (including phenoxy) is 1. The average Bonchev–Trinajstić information content (AvgIpc) is 3.26. The number of aromatic nitrogens is 1. The summed E-state index contributed by atoms with van der Waals surface area (Å²) < 4.78 is 5.89. The van der Waals surface area contributed by atoms with E-state index in [1.165, 1.54) is 61.9 Å². The molecule has 3 saturated heterocycles. The molecule has 3 fully saturated rings. The summed E-state index contributed by atoms with van der Waals surface area (Å²) in [5.74, 6) is 0. The fourth-order valence-electron chi connectivity index (χ4n) is 4.37. The van der Waals surface area contributed by atoms with Gasteiger partial charge in [-0.2, -0.15) is 0 Å². The first kappa shape index (κ1) is 16.8. The van der Waals surface area contributed by atoms with E-state index in [1.807, 2.05) is 11.3 Å². The summed E-state index contributed by atoms with van der Waals surface area (Å²) in [7, 11) is 0. The number of piperazine rings is 1. The molecule has 5 nitrogen and oxygen atoms in total. The van der Waals surface area contributed by atoms with Crippen molar-refractivity contribution in [3.63, 3.8) is 0 Å². The smallest absolute Gasteiger partial charge is 0.185 e. The van der Waals surface area contributed by atoms with Crippen molar-refractivity contribution >= 4 is 16.5 Å². The van der Waals surface area contributed by atoms with Gasteiger partial charge < -0.3 is 9.64 Å². The van der Waals surface area contributed by atoms with Gasteiger partial charge in [0.2, 0.25) is 0 Å². The number of fused-ring (bicyclic) bond motifs is 1. The lowest BCUT2D eigenvalue weighted by Crippen LogP contribution is -2.61. The van der Waals surface area contributed by atoms with E-state index in [-0.39, 0.29) is 0 Å². The van der Waals surface area contributed by atoms with Crippen LogP contribution in [0.1, 0.15) is 37.5 Å². The maximum Gasteiger partial charge on any atom is 0.185 e. The minimum Gasteiger partial charge on any atom is -0.378 e. The Morgan fingerprint density at radius 3 is 2.92 bits per heavy atom. The average molecular weight is 351 g/mol. The maximum atomic E-state index is 5.89. The third kappa shape index (κ3) is 3.62. The Bertz CT molecular complexity index is 529. The summed E-state index contributed by atoms with van der Waals surface area (Å²) >= 11 is 1.89. The van der Waals surface area contributed by atoms with E-state index in [0.717, 1.165) is 26.3 Å². The molecule has 0 spiro atoms. The maximum absolute atomic E-state index is 5.89. The Hall–Kier alpha value is -0.690. The van der Waals surface area contributed by atoms with E-state index in [4.69, 9.17) is 4.74 Å². The molecule has 0 amide bonds. The van der Waals surface area contributed by atoms with Crippen LogP contribution >= 0.6 is 11.3 Å². The summed E-state index contributed by atoms with van der Waals surface area (Å²) in [4.78, 5) is 13.8. The minimum absolute atomic E-state index is 0.579. The monoisotopic (exact) mass is 350 g/mol. The van der Waals surface area contributed by atoms with Crippen LogP contribution in [-0.2, 0) is 11.3 Å². The van der Waals surface area contributed by atoms with Gasteiger partial charge in [0.1, 0.15) is 0 Å². The molecule has 0 saturated carbocycles. The largest absolute Gasteiger partial charge is 0.378 e. The van der Waals surface area contributed by atoms with Gasteiger partial charge in [-0.15, -0.1) is 11.3 Å². The van der Waals surface area contributed by atoms with Crippen LogP contribution in [0.25, 0.3) is 0 Å². The first-order valence-electron chi connectivity index (χ1n) is 9.59. The molecule has 3 aliphatic heterocycles. The van der Waals surface area contributed by atoms with Crippen molar-refractivity contribution < 1.29 is 4.74 Å². The topological polar surface area (TPSA) is 31.8 Å². The van der Waals surface area contributed by atoms with Crippen LogP contribution in [0.4, 0.5) is 5.13 Å². The van der Waals surface area contributed by atoms with E-state index >= 15 is 0 Å². The lowest BCUT2D eigenvalue weighted by atomic mass is 10.0. The second-order valence-electron chi connectivity index (χ2n) is 7.41. The van der Waals surface area contributed by atoms with Crippen LogP contribution in [0.15, 0.2) is 6.20 Å². The highest BCUT2D eigenvalue weighted by Crippen LogP contribution is 2.28. The van der Waals surface area contributed by atoms with Crippen LogP contribution in [0, 0.1) is 0 Å². The lowest BCUT2D eigenvalue weighted by molar-refractivity contribution is -0.0839. The number of rotatable bonds is 5. The van der Waals surface area contributed by atoms with Gasteiger partial charge in [-0.25, -0.2) is 4.98 Å². The fourth-order valence-corrected chi connectivity index (χ4v) is 5.37. The molecule has 0 radical (unpaired) electrons. The standard InChI is InChI=1S/C18H30N4OS/c1-2-5-15-13-23-14-16-11-20(8-9-22(15)16)12-17-10-19-18(24-17)21-6-3-4-7-21/h10,15-16H,2-9,11-14H2,1H3/t15-,16+/m0/s1. The summed E-state index contributed by atoms with van der Waals surface area (Å²) in [6.45, 7) is 11.0. The Morgan fingerprint density at radius 2 is 2.08 bits per heavy atom. The van der Waals surface area contributed by atoms with Crippen LogP contribution in [0.2, 0.25) is 0 Å². The van der Waals surface area contributed by atoms with Crippen molar-refractivity contribution in [1.82, 2.24) is 14.8 Å². The zero-order chi connectivity index (χ0) is 16.4. The van der Waals surface area contributed by atoms with Gasteiger partial charge in [0.25, 0.3) is 0 Å². The van der Waals surface area contributed by atoms with Gasteiger partial charge in [-0.05, 0) is 19.3 Å². The highest BCUT2D eigenvalue weighted by molar-refractivity contribution is 7.15. The van der Waals surface area contributed by atoms with E-state index in [9.17, 15) is 0 Å². The van der Waals surface area contributed by atoms with Gasteiger partial charge in [-0.3, -0.25) is 9.80 Å². The lowest BCUT2D eigenvalue weighted by Gasteiger charge is -2.48. The Kier molecular flexibility index (Phi) is 5.37. The Balaban J connectivity index is 1.33.